The second kappa shape index (κ2) is 10.8. The highest BCUT2D eigenvalue weighted by Crippen LogP contribution is 2.34. The number of hydrogen-bond acceptors (Lipinski definition) is 5. The zero-order valence-corrected chi connectivity index (χ0v) is 20.9. The lowest BCUT2D eigenvalue weighted by Crippen LogP contribution is -2.60. The van der Waals surface area contributed by atoms with E-state index in [0.717, 1.165) is 0 Å². The third kappa shape index (κ3) is 6.84. The van der Waals surface area contributed by atoms with Gasteiger partial charge in [0.25, 0.3) is 0 Å². The van der Waals surface area contributed by atoms with Crippen molar-refractivity contribution in [2.24, 2.45) is 17.3 Å². The minimum atomic E-state index is -5.17. The number of likely N-dealkylation sites (tertiary alicyclic amines) is 1. The maximum absolute atomic E-state index is 13.5. The first-order chi connectivity index (χ1) is 16.1. The van der Waals surface area contributed by atoms with Gasteiger partial charge >= 0.3 is 12.1 Å². The summed E-state index contributed by atoms with van der Waals surface area (Å²) in [7, 11) is 0. The Kier molecular flexibility index (Phi) is 8.76. The summed E-state index contributed by atoms with van der Waals surface area (Å²) in [5, 5.41) is 14.3. The van der Waals surface area contributed by atoms with Crippen LogP contribution in [0.25, 0.3) is 0 Å². The largest absolute Gasteiger partial charge is 0.471 e. The quantitative estimate of drug-likeness (QED) is 0.602. The summed E-state index contributed by atoms with van der Waals surface area (Å²) >= 11 is 5.94. The molecule has 4 atom stereocenters. The number of nitrogens with one attached hydrogen (secondary N) is 2. The van der Waals surface area contributed by atoms with Gasteiger partial charge in [-0.05, 0) is 29.7 Å². The Bertz CT molecular complexity index is 1000. The Labute approximate surface area is 207 Å². The number of carbonyl (C=O) groups is 3. The molecule has 1 unspecified atom stereocenters. The van der Waals surface area contributed by atoms with E-state index in [1.165, 1.54) is 44.1 Å². The van der Waals surface area contributed by atoms with Crippen LogP contribution in [0.1, 0.15) is 52.6 Å². The molecule has 0 bridgehead atoms. The zero-order chi connectivity index (χ0) is 26.7. The molecule has 1 fully saturated rings. The Hall–Kier alpha value is -2.87. The normalized spacial score (nSPS) is 20.2. The van der Waals surface area contributed by atoms with Crippen LogP contribution in [0.3, 0.4) is 0 Å². The SMILES string of the molecule is CC(C)C1CCN(C(=O)[C@@H](NC(=O)C(F)(F)F)C(C)(C)C)[C@@H]1C(=O)N[C@@H](C#N)c1cncc(Cl)c1. The molecule has 1 aromatic rings. The van der Waals surface area contributed by atoms with Crippen molar-refractivity contribution in [3.8, 4) is 6.07 Å². The van der Waals surface area contributed by atoms with Crippen molar-refractivity contribution in [1.82, 2.24) is 20.5 Å². The molecule has 2 rings (SSSR count). The molecule has 3 amide bonds. The first-order valence-electron chi connectivity index (χ1n) is 11.1. The summed E-state index contributed by atoms with van der Waals surface area (Å²) < 4.78 is 38.8. The van der Waals surface area contributed by atoms with E-state index in [2.05, 4.69) is 10.3 Å². The molecule has 192 valence electrons. The van der Waals surface area contributed by atoms with Crippen molar-refractivity contribution >= 4 is 29.3 Å². The topological polar surface area (TPSA) is 115 Å². The summed E-state index contributed by atoms with van der Waals surface area (Å²) in [6, 6.07) is -0.242. The first kappa shape index (κ1) is 28.4. The van der Waals surface area contributed by atoms with Gasteiger partial charge in [-0.15, -0.1) is 0 Å². The minimum absolute atomic E-state index is 0.0465. The Morgan fingerprint density at radius 1 is 1.20 bits per heavy atom. The Morgan fingerprint density at radius 3 is 2.31 bits per heavy atom. The highest BCUT2D eigenvalue weighted by atomic mass is 35.5. The third-order valence-corrected chi connectivity index (χ3v) is 6.18. The number of nitrogens with zero attached hydrogens (tertiary/aromatic N) is 3. The van der Waals surface area contributed by atoms with Gasteiger partial charge in [-0.1, -0.05) is 46.2 Å². The van der Waals surface area contributed by atoms with Crippen LogP contribution in [-0.2, 0) is 14.4 Å². The van der Waals surface area contributed by atoms with E-state index >= 15 is 0 Å². The lowest BCUT2D eigenvalue weighted by atomic mass is 9.84. The van der Waals surface area contributed by atoms with Gasteiger partial charge in [-0.25, -0.2) is 0 Å². The smallest absolute Gasteiger partial charge is 0.336 e. The first-order valence-corrected chi connectivity index (χ1v) is 11.4. The highest BCUT2D eigenvalue weighted by molar-refractivity contribution is 6.30. The minimum Gasteiger partial charge on any atom is -0.336 e. The number of carbonyl (C=O) groups excluding carboxylic acids is 3. The number of rotatable bonds is 6. The summed E-state index contributed by atoms with van der Waals surface area (Å²) in [6.45, 7) is 8.42. The molecule has 1 aromatic heterocycles. The molecule has 35 heavy (non-hydrogen) atoms. The van der Waals surface area contributed by atoms with E-state index in [9.17, 15) is 32.8 Å². The standard InChI is InChI=1S/C23H29ClF3N5O3/c1-12(2)15-6-7-32(20(34)18(22(3,4)5)31-21(35)23(25,26)27)17(15)19(33)30-16(9-28)13-8-14(24)11-29-10-13/h8,10-12,15-18H,6-7H2,1-5H3,(H,30,33)(H,31,35)/t15?,16-,17-,18+/m0/s1. The van der Waals surface area contributed by atoms with E-state index in [-0.39, 0.29) is 23.4 Å². The summed E-state index contributed by atoms with van der Waals surface area (Å²) in [6.07, 6.45) is -1.99. The van der Waals surface area contributed by atoms with E-state index in [1.54, 1.807) is 5.32 Å². The monoisotopic (exact) mass is 515 g/mol. The molecule has 2 N–H and O–H groups in total. The van der Waals surface area contributed by atoms with Gasteiger partial charge in [-0.3, -0.25) is 19.4 Å². The molecule has 8 nitrogen and oxygen atoms in total. The summed E-state index contributed by atoms with van der Waals surface area (Å²) in [5.41, 5.74) is -0.730. The Balaban J connectivity index is 2.37. The average Bonchev–Trinajstić information content (AvgIpc) is 3.19. The molecule has 2 heterocycles. The maximum Gasteiger partial charge on any atom is 0.471 e. The van der Waals surface area contributed by atoms with Gasteiger partial charge in [0.2, 0.25) is 11.8 Å². The maximum atomic E-state index is 13.5. The second-order valence-corrected chi connectivity index (χ2v) is 10.4. The predicted octanol–water partition coefficient (Wildman–Crippen LogP) is 3.38. The van der Waals surface area contributed by atoms with Crippen LogP contribution >= 0.6 is 11.6 Å². The van der Waals surface area contributed by atoms with E-state index in [0.29, 0.717) is 12.0 Å². The molecule has 0 aromatic carbocycles. The number of alkyl halides is 3. The molecule has 1 aliphatic heterocycles. The fourth-order valence-electron chi connectivity index (χ4n) is 4.13. The van der Waals surface area contributed by atoms with E-state index in [4.69, 9.17) is 11.6 Å². The number of amides is 3. The van der Waals surface area contributed by atoms with E-state index < -0.39 is 47.4 Å². The molecule has 12 heteroatoms. The van der Waals surface area contributed by atoms with Crippen LogP contribution in [0.15, 0.2) is 18.5 Å². The zero-order valence-electron chi connectivity index (χ0n) is 20.1. The van der Waals surface area contributed by atoms with Crippen molar-refractivity contribution < 1.29 is 27.6 Å². The fourth-order valence-corrected chi connectivity index (χ4v) is 4.31. The van der Waals surface area contributed by atoms with Crippen LogP contribution in [-0.4, -0.2) is 52.4 Å². The van der Waals surface area contributed by atoms with Crippen molar-refractivity contribution in [2.75, 3.05) is 6.54 Å². The van der Waals surface area contributed by atoms with Gasteiger partial charge in [0.05, 0.1) is 11.1 Å². The summed E-state index contributed by atoms with van der Waals surface area (Å²) in [5.74, 6) is -4.01. The van der Waals surface area contributed by atoms with Gasteiger partial charge in [0.15, 0.2) is 0 Å². The summed E-state index contributed by atoms with van der Waals surface area (Å²) in [4.78, 5) is 43.6. The molecule has 0 saturated carbocycles. The number of halogens is 4. The fraction of sp³-hybridized carbons (Fsp3) is 0.609. The lowest BCUT2D eigenvalue weighted by Gasteiger charge is -2.37. The number of aromatic nitrogens is 1. The van der Waals surface area contributed by atoms with Gasteiger partial charge in [-0.2, -0.15) is 18.4 Å². The predicted molar refractivity (Wildman–Crippen MR) is 122 cm³/mol. The van der Waals surface area contributed by atoms with Gasteiger partial charge in [0, 0.05) is 24.5 Å². The molecular formula is C23H29ClF3N5O3. The molecule has 0 spiro atoms. The average molecular weight is 516 g/mol. The van der Waals surface area contributed by atoms with Crippen LogP contribution < -0.4 is 10.6 Å². The third-order valence-electron chi connectivity index (χ3n) is 5.97. The second-order valence-electron chi connectivity index (χ2n) is 9.95. The number of pyridine rings is 1. The van der Waals surface area contributed by atoms with Crippen LogP contribution in [0.4, 0.5) is 13.2 Å². The molecule has 0 aliphatic carbocycles. The highest BCUT2D eigenvalue weighted by Gasteiger charge is 2.49. The Morgan fingerprint density at radius 2 is 1.83 bits per heavy atom. The number of hydrogen-bond donors (Lipinski definition) is 2. The molecule has 0 radical (unpaired) electrons. The molecular weight excluding hydrogens is 487 g/mol. The van der Waals surface area contributed by atoms with Crippen LogP contribution in [0.5, 0.6) is 0 Å². The van der Waals surface area contributed by atoms with Crippen LogP contribution in [0.2, 0.25) is 5.02 Å². The molecule has 1 saturated heterocycles. The van der Waals surface area contributed by atoms with E-state index in [1.807, 2.05) is 19.9 Å². The van der Waals surface area contributed by atoms with Gasteiger partial charge < -0.3 is 15.5 Å². The van der Waals surface area contributed by atoms with Crippen molar-refractivity contribution in [3.05, 3.63) is 29.0 Å². The van der Waals surface area contributed by atoms with Gasteiger partial charge in [0.1, 0.15) is 18.1 Å². The lowest BCUT2D eigenvalue weighted by molar-refractivity contribution is -0.176. The number of nitriles is 1. The van der Waals surface area contributed by atoms with Crippen LogP contribution in [0, 0.1) is 28.6 Å². The van der Waals surface area contributed by atoms with Crippen molar-refractivity contribution in [3.63, 3.8) is 0 Å². The van der Waals surface area contributed by atoms with Crippen molar-refractivity contribution in [1.29, 1.82) is 5.26 Å². The molecule has 1 aliphatic rings. The van der Waals surface area contributed by atoms with Crippen molar-refractivity contribution in [2.45, 2.75) is 65.3 Å².